The van der Waals surface area contributed by atoms with E-state index in [2.05, 4.69) is 5.97 Å². The number of nitriles is 1. The van der Waals surface area contributed by atoms with Gasteiger partial charge in [0, 0.05) is 11.5 Å². The summed E-state index contributed by atoms with van der Waals surface area (Å²) in [6, 6.07) is 10.4. The SMILES string of the molecule is N#CB1CCc2cc(OCc3c(F)cccc3Cl)ccc2C1. The van der Waals surface area contributed by atoms with Crippen LogP contribution < -0.4 is 4.74 Å². The molecular weight excluding hydrogens is 299 g/mol. The van der Waals surface area contributed by atoms with E-state index in [0.717, 1.165) is 19.1 Å². The van der Waals surface area contributed by atoms with Gasteiger partial charge in [0.05, 0.1) is 5.02 Å². The molecule has 0 saturated carbocycles. The molecule has 0 aliphatic carbocycles. The third-order valence-corrected chi connectivity index (χ3v) is 4.39. The summed E-state index contributed by atoms with van der Waals surface area (Å²) >= 11 is 5.99. The van der Waals surface area contributed by atoms with Crippen molar-refractivity contribution >= 4 is 18.3 Å². The summed E-state index contributed by atoms with van der Waals surface area (Å²) in [5.41, 5.74) is 2.78. The van der Waals surface area contributed by atoms with E-state index in [0.29, 0.717) is 16.3 Å². The molecule has 110 valence electrons. The monoisotopic (exact) mass is 313 g/mol. The lowest BCUT2D eigenvalue weighted by molar-refractivity contribution is 0.299. The molecule has 2 aromatic rings. The number of ether oxygens (including phenoxy) is 1. The first-order valence-corrected chi connectivity index (χ1v) is 7.62. The Morgan fingerprint density at radius 3 is 2.91 bits per heavy atom. The van der Waals surface area contributed by atoms with Crippen molar-refractivity contribution in [2.75, 3.05) is 0 Å². The number of nitrogens with zero attached hydrogens (tertiary/aromatic N) is 1. The highest BCUT2D eigenvalue weighted by Crippen LogP contribution is 2.27. The van der Waals surface area contributed by atoms with Crippen molar-refractivity contribution in [1.82, 2.24) is 0 Å². The van der Waals surface area contributed by atoms with E-state index in [1.807, 2.05) is 18.2 Å². The fraction of sp³-hybridized carbons (Fsp3) is 0.235. The first-order chi connectivity index (χ1) is 10.7. The molecule has 1 aliphatic heterocycles. The molecule has 22 heavy (non-hydrogen) atoms. The fourth-order valence-electron chi connectivity index (χ4n) is 2.76. The Bertz CT molecular complexity index is 724. The fourth-order valence-corrected chi connectivity index (χ4v) is 2.97. The van der Waals surface area contributed by atoms with Crippen molar-refractivity contribution in [2.24, 2.45) is 0 Å². The summed E-state index contributed by atoms with van der Waals surface area (Å²) in [7, 11) is 0. The zero-order valence-corrected chi connectivity index (χ0v) is 12.7. The van der Waals surface area contributed by atoms with Crippen LogP contribution in [0, 0.1) is 17.0 Å². The second-order valence-corrected chi connectivity index (χ2v) is 5.90. The number of aryl methyl sites for hydroxylation is 1. The van der Waals surface area contributed by atoms with Gasteiger partial charge in [-0.3, -0.25) is 0 Å². The molecule has 0 fully saturated rings. The first kappa shape index (κ1) is 14.9. The van der Waals surface area contributed by atoms with Crippen molar-refractivity contribution in [2.45, 2.75) is 25.7 Å². The van der Waals surface area contributed by atoms with Crippen LogP contribution >= 0.6 is 11.6 Å². The average molecular weight is 314 g/mol. The summed E-state index contributed by atoms with van der Waals surface area (Å²) in [6.07, 6.45) is 2.56. The van der Waals surface area contributed by atoms with Gasteiger partial charge in [-0.05, 0) is 42.6 Å². The number of benzene rings is 2. The number of fused-ring (bicyclic) bond motifs is 1. The normalized spacial score (nSPS) is 13.4. The van der Waals surface area contributed by atoms with E-state index >= 15 is 0 Å². The summed E-state index contributed by atoms with van der Waals surface area (Å²) in [4.78, 5) is 0. The highest BCUT2D eigenvalue weighted by Gasteiger charge is 2.22. The minimum absolute atomic E-state index is 0.102. The number of rotatable bonds is 3. The van der Waals surface area contributed by atoms with Gasteiger partial charge in [0.15, 0.2) is 0 Å². The van der Waals surface area contributed by atoms with Gasteiger partial charge >= 0.3 is 0 Å². The largest absolute Gasteiger partial charge is 0.489 e. The van der Waals surface area contributed by atoms with E-state index in [1.165, 1.54) is 17.2 Å². The Balaban J connectivity index is 1.74. The molecule has 2 nitrogen and oxygen atoms in total. The number of halogens is 2. The molecule has 0 saturated heterocycles. The van der Waals surface area contributed by atoms with Gasteiger partial charge in [0.2, 0.25) is 0 Å². The van der Waals surface area contributed by atoms with Crippen LogP contribution in [0.2, 0.25) is 11.3 Å². The van der Waals surface area contributed by atoms with Crippen LogP contribution in [0.15, 0.2) is 36.4 Å². The zero-order chi connectivity index (χ0) is 15.5. The molecule has 0 aromatic heterocycles. The number of hydrogen-bond acceptors (Lipinski definition) is 2. The molecule has 0 bridgehead atoms. The maximum atomic E-state index is 13.7. The van der Waals surface area contributed by atoms with Crippen LogP contribution in [0.5, 0.6) is 5.75 Å². The Labute approximate surface area is 134 Å². The molecule has 3 rings (SSSR count). The molecule has 1 aliphatic rings. The van der Waals surface area contributed by atoms with Crippen molar-refractivity contribution in [3.63, 3.8) is 0 Å². The first-order valence-electron chi connectivity index (χ1n) is 7.24. The molecule has 0 amide bonds. The third kappa shape index (κ3) is 3.10. The summed E-state index contributed by atoms with van der Waals surface area (Å²) in [6.45, 7) is 0.210. The van der Waals surface area contributed by atoms with E-state index in [1.54, 1.807) is 12.1 Å². The van der Waals surface area contributed by atoms with Crippen LogP contribution in [-0.2, 0) is 19.3 Å². The quantitative estimate of drug-likeness (QED) is 0.793. The minimum Gasteiger partial charge on any atom is -0.489 e. The topological polar surface area (TPSA) is 33.0 Å². The van der Waals surface area contributed by atoms with Crippen LogP contribution in [0.4, 0.5) is 4.39 Å². The number of hydrogen-bond donors (Lipinski definition) is 0. The lowest BCUT2D eigenvalue weighted by atomic mass is 9.42. The van der Waals surface area contributed by atoms with Crippen molar-refractivity contribution < 1.29 is 9.13 Å². The molecule has 0 unspecified atom stereocenters. The Morgan fingerprint density at radius 2 is 2.14 bits per heavy atom. The molecule has 2 aromatic carbocycles. The molecule has 1 heterocycles. The van der Waals surface area contributed by atoms with E-state index in [9.17, 15) is 4.39 Å². The molecule has 5 heteroatoms. The van der Waals surface area contributed by atoms with Crippen LogP contribution in [0.1, 0.15) is 16.7 Å². The second kappa shape index (κ2) is 6.42. The van der Waals surface area contributed by atoms with E-state index in [-0.39, 0.29) is 19.1 Å². The minimum atomic E-state index is -0.359. The summed E-state index contributed by atoms with van der Waals surface area (Å²) in [5.74, 6) is 2.67. The Hall–Kier alpha value is -1.99. The van der Waals surface area contributed by atoms with Crippen molar-refractivity contribution in [3.8, 4) is 11.7 Å². The predicted octanol–water partition coefficient (Wildman–Crippen LogP) is 4.25. The maximum Gasteiger partial charge on any atom is 0.272 e. The van der Waals surface area contributed by atoms with E-state index < -0.39 is 0 Å². The lowest BCUT2D eigenvalue weighted by Gasteiger charge is -2.18. The summed E-state index contributed by atoms with van der Waals surface area (Å²) in [5, 5.41) is 9.38. The lowest BCUT2D eigenvalue weighted by Crippen LogP contribution is -2.21. The highest BCUT2D eigenvalue weighted by atomic mass is 35.5. The molecule has 0 radical (unpaired) electrons. The van der Waals surface area contributed by atoms with E-state index in [4.69, 9.17) is 21.6 Å². The van der Waals surface area contributed by atoms with Gasteiger partial charge in [-0.25, -0.2) is 9.65 Å². The van der Waals surface area contributed by atoms with Gasteiger partial charge in [0.25, 0.3) is 6.71 Å². The second-order valence-electron chi connectivity index (χ2n) is 5.49. The highest BCUT2D eigenvalue weighted by molar-refractivity contribution is 6.66. The van der Waals surface area contributed by atoms with Gasteiger partial charge < -0.3 is 4.74 Å². The van der Waals surface area contributed by atoms with Crippen molar-refractivity contribution in [1.29, 1.82) is 5.26 Å². The smallest absolute Gasteiger partial charge is 0.272 e. The van der Waals surface area contributed by atoms with Crippen LogP contribution in [0.3, 0.4) is 0 Å². The molecule has 0 spiro atoms. The summed E-state index contributed by atoms with van der Waals surface area (Å²) < 4.78 is 19.4. The van der Waals surface area contributed by atoms with Gasteiger partial charge in [0.1, 0.15) is 18.2 Å². The van der Waals surface area contributed by atoms with Gasteiger partial charge in [-0.1, -0.05) is 35.6 Å². The molecular formula is C17H14BClFNO. The zero-order valence-electron chi connectivity index (χ0n) is 12.0. The standard InChI is InChI=1S/C17H14BClFNO/c19-16-2-1-3-17(20)15(16)10-22-14-5-4-13-9-18(11-21)7-6-12(13)8-14/h1-5,8H,6-7,9-10H2. The molecule has 0 N–H and O–H groups in total. The van der Waals surface area contributed by atoms with Gasteiger partial charge in [-0.15, -0.1) is 0 Å². The third-order valence-electron chi connectivity index (χ3n) is 4.03. The Kier molecular flexibility index (Phi) is 4.35. The van der Waals surface area contributed by atoms with Crippen molar-refractivity contribution in [3.05, 3.63) is 63.9 Å². The Morgan fingerprint density at radius 1 is 1.27 bits per heavy atom. The maximum absolute atomic E-state index is 13.7. The predicted molar refractivity (Wildman–Crippen MR) is 85.8 cm³/mol. The van der Waals surface area contributed by atoms with Gasteiger partial charge in [-0.2, -0.15) is 0 Å². The van der Waals surface area contributed by atoms with Crippen LogP contribution in [-0.4, -0.2) is 6.71 Å². The van der Waals surface area contributed by atoms with Crippen LogP contribution in [0.25, 0.3) is 0 Å². The average Bonchev–Trinajstić information content (AvgIpc) is 2.53. The molecule has 0 atom stereocenters.